The van der Waals surface area contributed by atoms with Gasteiger partial charge < -0.3 is 4.90 Å². The lowest BCUT2D eigenvalue weighted by Crippen LogP contribution is -2.34. The van der Waals surface area contributed by atoms with E-state index in [0.717, 1.165) is 18.4 Å². The average molecular weight is 322 g/mol. The Hall–Kier alpha value is -1.28. The molecule has 0 aromatic heterocycles. The minimum absolute atomic E-state index is 0.200. The smallest absolute Gasteiger partial charge is 0.357 e. The molecule has 1 saturated heterocycles. The largest absolute Gasteiger partial charge is 0.417 e. The van der Waals surface area contributed by atoms with E-state index in [1.54, 1.807) is 4.90 Å². The summed E-state index contributed by atoms with van der Waals surface area (Å²) in [7, 11) is -3.93. The normalized spacial score (nSPS) is 19.0. The average Bonchev–Trinajstić information content (AvgIpc) is 2.66. The second-order valence-electron chi connectivity index (χ2n) is 5.87. The fourth-order valence-electron chi connectivity index (χ4n) is 2.34. The number of hydrogen-bond acceptors (Lipinski definition) is 4. The fraction of sp³-hybridized carbons (Fsp3) is 0.538. The Morgan fingerprint density at radius 3 is 2.33 bits per heavy atom. The number of halogens is 3. The van der Waals surface area contributed by atoms with Crippen LogP contribution in [0.3, 0.4) is 0 Å². The number of nitrogens with zero attached hydrogens (tertiary/aromatic N) is 1. The quantitative estimate of drug-likeness (QED) is 0.907. The fourth-order valence-corrected chi connectivity index (χ4v) is 3.23. The molecule has 8 heteroatoms. The Bertz CT molecular complexity index is 654. The first-order valence-corrected chi connectivity index (χ1v) is 8.21. The summed E-state index contributed by atoms with van der Waals surface area (Å²) in [5.74, 6) is 0. The number of anilines is 1. The SMILES string of the molecule is CC1(C)CN(c2ccc(S(C)(=O)=O)c(C(F)(F)F)c2)CN1. The first kappa shape index (κ1) is 16.1. The molecule has 0 unspecified atom stereocenters. The minimum Gasteiger partial charge on any atom is -0.357 e. The van der Waals surface area contributed by atoms with Crippen LogP contribution in [0, 0.1) is 0 Å². The number of nitrogens with one attached hydrogen (secondary N) is 1. The third-order valence-corrected chi connectivity index (χ3v) is 4.52. The molecule has 1 heterocycles. The summed E-state index contributed by atoms with van der Waals surface area (Å²) in [6, 6.07) is 3.34. The topological polar surface area (TPSA) is 49.4 Å². The zero-order valence-corrected chi connectivity index (χ0v) is 12.8. The predicted octanol–water partition coefficient (Wildman–Crippen LogP) is 2.25. The van der Waals surface area contributed by atoms with Gasteiger partial charge in [-0.15, -0.1) is 0 Å². The van der Waals surface area contributed by atoms with Crippen LogP contribution in [0.2, 0.25) is 0 Å². The van der Waals surface area contributed by atoms with Gasteiger partial charge in [0, 0.05) is 24.0 Å². The van der Waals surface area contributed by atoms with E-state index in [1.807, 2.05) is 13.8 Å². The van der Waals surface area contributed by atoms with Crippen molar-refractivity contribution in [1.29, 1.82) is 0 Å². The maximum absolute atomic E-state index is 13.1. The van der Waals surface area contributed by atoms with Gasteiger partial charge in [-0.1, -0.05) is 0 Å². The molecule has 0 saturated carbocycles. The molecule has 1 aromatic carbocycles. The molecule has 1 aliphatic rings. The lowest BCUT2D eigenvalue weighted by Gasteiger charge is -2.22. The monoisotopic (exact) mass is 322 g/mol. The van der Waals surface area contributed by atoms with Gasteiger partial charge in [0.05, 0.1) is 17.1 Å². The zero-order valence-electron chi connectivity index (χ0n) is 12.0. The molecule has 0 spiro atoms. The van der Waals surface area contributed by atoms with Crippen molar-refractivity contribution >= 4 is 15.5 Å². The van der Waals surface area contributed by atoms with Crippen LogP contribution in [0.5, 0.6) is 0 Å². The molecular formula is C13H17F3N2O2S. The van der Waals surface area contributed by atoms with Crippen molar-refractivity contribution in [3.8, 4) is 0 Å². The van der Waals surface area contributed by atoms with Gasteiger partial charge in [0.2, 0.25) is 0 Å². The van der Waals surface area contributed by atoms with Crippen molar-refractivity contribution in [2.24, 2.45) is 0 Å². The zero-order chi connectivity index (χ0) is 16.1. The Morgan fingerprint density at radius 1 is 1.29 bits per heavy atom. The standard InChI is InChI=1S/C13H17F3N2O2S/c1-12(2)7-18(8-17-12)9-4-5-11(21(3,19)20)10(6-9)13(14,15)16/h4-6,17H,7-8H2,1-3H3. The highest BCUT2D eigenvalue weighted by molar-refractivity contribution is 7.90. The van der Waals surface area contributed by atoms with Crippen LogP contribution in [-0.4, -0.2) is 33.4 Å². The van der Waals surface area contributed by atoms with Crippen LogP contribution >= 0.6 is 0 Å². The summed E-state index contributed by atoms with van der Waals surface area (Å²) in [6.45, 7) is 4.86. The van der Waals surface area contributed by atoms with Crippen molar-refractivity contribution in [1.82, 2.24) is 5.32 Å². The van der Waals surface area contributed by atoms with E-state index in [4.69, 9.17) is 0 Å². The second-order valence-corrected chi connectivity index (χ2v) is 7.85. The van der Waals surface area contributed by atoms with Crippen LogP contribution in [-0.2, 0) is 16.0 Å². The molecule has 1 N–H and O–H groups in total. The lowest BCUT2D eigenvalue weighted by molar-refractivity contribution is -0.139. The summed E-state index contributed by atoms with van der Waals surface area (Å²) < 4.78 is 62.3. The van der Waals surface area contributed by atoms with Gasteiger partial charge in [-0.2, -0.15) is 13.2 Å². The molecule has 1 aliphatic heterocycles. The number of benzene rings is 1. The van der Waals surface area contributed by atoms with Gasteiger partial charge in [-0.3, -0.25) is 5.32 Å². The van der Waals surface area contributed by atoms with E-state index in [1.165, 1.54) is 6.07 Å². The lowest BCUT2D eigenvalue weighted by atomic mass is 10.1. The van der Waals surface area contributed by atoms with Gasteiger partial charge >= 0.3 is 6.18 Å². The molecule has 118 valence electrons. The molecule has 4 nitrogen and oxygen atoms in total. The van der Waals surface area contributed by atoms with Gasteiger partial charge in [-0.25, -0.2) is 8.42 Å². The third kappa shape index (κ3) is 3.49. The second kappa shape index (κ2) is 4.88. The Labute approximate surface area is 121 Å². The van der Waals surface area contributed by atoms with E-state index in [9.17, 15) is 21.6 Å². The predicted molar refractivity (Wildman–Crippen MR) is 74.0 cm³/mol. The molecule has 1 aromatic rings. The van der Waals surface area contributed by atoms with E-state index < -0.39 is 26.5 Å². The molecule has 0 aliphatic carbocycles. The molecule has 21 heavy (non-hydrogen) atoms. The Morgan fingerprint density at radius 2 is 1.90 bits per heavy atom. The van der Waals surface area contributed by atoms with Gasteiger partial charge in [0.1, 0.15) is 0 Å². The number of alkyl halides is 3. The highest BCUT2D eigenvalue weighted by Gasteiger charge is 2.37. The van der Waals surface area contributed by atoms with Crippen LogP contribution in [0.25, 0.3) is 0 Å². The highest BCUT2D eigenvalue weighted by Crippen LogP contribution is 2.37. The van der Waals surface area contributed by atoms with Crippen molar-refractivity contribution in [3.05, 3.63) is 23.8 Å². The minimum atomic E-state index is -4.71. The Kier molecular flexibility index (Phi) is 3.74. The molecular weight excluding hydrogens is 305 g/mol. The maximum atomic E-state index is 13.1. The molecule has 0 atom stereocenters. The molecule has 2 rings (SSSR count). The van der Waals surface area contributed by atoms with Crippen molar-refractivity contribution < 1.29 is 21.6 Å². The molecule has 1 fully saturated rings. The number of sulfone groups is 1. The molecule has 0 bridgehead atoms. The Balaban J connectivity index is 2.49. The summed E-state index contributed by atoms with van der Waals surface area (Å²) in [6.07, 6.45) is -3.94. The number of hydrogen-bond donors (Lipinski definition) is 1. The van der Waals surface area contributed by atoms with Crippen LogP contribution < -0.4 is 10.2 Å². The summed E-state index contributed by atoms with van der Waals surface area (Å²) in [5, 5.41) is 3.17. The van der Waals surface area contributed by atoms with Gasteiger partial charge in [0.25, 0.3) is 0 Å². The van der Waals surface area contributed by atoms with Crippen LogP contribution in [0.1, 0.15) is 19.4 Å². The van der Waals surface area contributed by atoms with Crippen molar-refractivity contribution in [3.63, 3.8) is 0 Å². The summed E-state index contributed by atoms with van der Waals surface area (Å²) in [4.78, 5) is 1.06. The molecule has 0 radical (unpaired) electrons. The van der Waals surface area contributed by atoms with Crippen molar-refractivity contribution in [2.45, 2.75) is 30.5 Å². The summed E-state index contributed by atoms with van der Waals surface area (Å²) >= 11 is 0. The summed E-state index contributed by atoms with van der Waals surface area (Å²) in [5.41, 5.74) is -0.964. The van der Waals surface area contributed by atoms with E-state index >= 15 is 0 Å². The third-order valence-electron chi connectivity index (χ3n) is 3.37. The van der Waals surface area contributed by atoms with Crippen LogP contribution in [0.15, 0.2) is 23.1 Å². The van der Waals surface area contributed by atoms with Gasteiger partial charge in [0.15, 0.2) is 9.84 Å². The first-order valence-electron chi connectivity index (χ1n) is 6.31. The van der Waals surface area contributed by atoms with Crippen molar-refractivity contribution in [2.75, 3.05) is 24.4 Å². The van der Waals surface area contributed by atoms with Crippen LogP contribution in [0.4, 0.5) is 18.9 Å². The van der Waals surface area contributed by atoms with E-state index in [0.29, 0.717) is 18.9 Å². The van der Waals surface area contributed by atoms with E-state index in [-0.39, 0.29) is 5.54 Å². The molecule has 0 amide bonds. The van der Waals surface area contributed by atoms with E-state index in [2.05, 4.69) is 5.32 Å². The first-order chi connectivity index (χ1) is 9.40. The number of rotatable bonds is 2. The highest BCUT2D eigenvalue weighted by atomic mass is 32.2. The van der Waals surface area contributed by atoms with Gasteiger partial charge in [-0.05, 0) is 32.0 Å². The maximum Gasteiger partial charge on any atom is 0.417 e.